The molecule has 0 atom stereocenters. The second-order valence-corrected chi connectivity index (χ2v) is 7.09. The number of aromatic nitrogens is 1. The highest BCUT2D eigenvalue weighted by molar-refractivity contribution is 9.10. The van der Waals surface area contributed by atoms with Crippen LogP contribution in [0.1, 0.15) is 21.7 Å². The van der Waals surface area contributed by atoms with Crippen molar-refractivity contribution < 1.29 is 14.0 Å². The summed E-state index contributed by atoms with van der Waals surface area (Å²) in [5.74, 6) is -0.658. The molecular formula is C16H14BrN3O3S. The number of amides is 2. The van der Waals surface area contributed by atoms with Gasteiger partial charge in [0, 0.05) is 0 Å². The monoisotopic (exact) mass is 407 g/mol. The maximum atomic E-state index is 12.0. The summed E-state index contributed by atoms with van der Waals surface area (Å²) in [4.78, 5) is 28.2. The number of fused-ring (bicyclic) bond motifs is 1. The second kappa shape index (κ2) is 6.74. The van der Waals surface area contributed by atoms with Crippen molar-refractivity contribution in [3.05, 3.63) is 45.8 Å². The third kappa shape index (κ3) is 3.65. The minimum atomic E-state index is -0.452. The van der Waals surface area contributed by atoms with Gasteiger partial charge in [0.25, 0.3) is 5.91 Å². The van der Waals surface area contributed by atoms with Gasteiger partial charge in [0.2, 0.25) is 5.91 Å². The maximum absolute atomic E-state index is 12.0. The van der Waals surface area contributed by atoms with Crippen molar-refractivity contribution in [1.29, 1.82) is 0 Å². The van der Waals surface area contributed by atoms with Crippen molar-refractivity contribution in [2.24, 2.45) is 0 Å². The van der Waals surface area contributed by atoms with Crippen LogP contribution in [0, 0.1) is 13.8 Å². The van der Waals surface area contributed by atoms with E-state index >= 15 is 0 Å². The van der Waals surface area contributed by atoms with Crippen molar-refractivity contribution >= 4 is 54.4 Å². The van der Waals surface area contributed by atoms with Gasteiger partial charge in [-0.05, 0) is 59.1 Å². The van der Waals surface area contributed by atoms with Gasteiger partial charge in [-0.15, -0.1) is 0 Å². The molecule has 3 aromatic rings. The van der Waals surface area contributed by atoms with Gasteiger partial charge < -0.3 is 15.1 Å². The highest BCUT2D eigenvalue weighted by Crippen LogP contribution is 2.29. The van der Waals surface area contributed by atoms with Gasteiger partial charge >= 0.3 is 0 Å². The number of carbonyl (C=O) groups excluding carboxylic acids is 2. The Morgan fingerprint density at radius 3 is 2.79 bits per heavy atom. The van der Waals surface area contributed by atoms with Crippen LogP contribution in [0.4, 0.5) is 5.13 Å². The lowest BCUT2D eigenvalue weighted by molar-refractivity contribution is -0.115. The van der Waals surface area contributed by atoms with E-state index in [1.54, 1.807) is 6.07 Å². The third-order valence-electron chi connectivity index (χ3n) is 3.28. The summed E-state index contributed by atoms with van der Waals surface area (Å²) in [6.07, 6.45) is 0. The molecule has 0 saturated carbocycles. The molecule has 124 valence electrons. The molecule has 0 radical (unpaired) electrons. The number of benzene rings is 1. The quantitative estimate of drug-likeness (QED) is 0.691. The first-order valence-electron chi connectivity index (χ1n) is 7.13. The molecule has 1 aromatic carbocycles. The normalized spacial score (nSPS) is 10.8. The Bertz CT molecular complexity index is 932. The molecule has 8 heteroatoms. The summed E-state index contributed by atoms with van der Waals surface area (Å²) in [7, 11) is 0. The van der Waals surface area contributed by atoms with Crippen LogP contribution in [0.15, 0.2) is 33.4 Å². The number of carbonyl (C=O) groups is 2. The molecule has 2 heterocycles. The number of nitrogens with zero attached hydrogens (tertiary/aromatic N) is 1. The van der Waals surface area contributed by atoms with E-state index in [0.717, 1.165) is 21.3 Å². The van der Waals surface area contributed by atoms with E-state index in [0.29, 0.717) is 9.80 Å². The van der Waals surface area contributed by atoms with Crippen LogP contribution < -0.4 is 10.6 Å². The van der Waals surface area contributed by atoms with E-state index in [-0.39, 0.29) is 18.2 Å². The van der Waals surface area contributed by atoms with Crippen molar-refractivity contribution in [1.82, 2.24) is 10.3 Å². The van der Waals surface area contributed by atoms with Gasteiger partial charge in [-0.1, -0.05) is 17.4 Å². The minimum absolute atomic E-state index is 0.140. The van der Waals surface area contributed by atoms with Crippen molar-refractivity contribution in [2.75, 3.05) is 11.9 Å². The van der Waals surface area contributed by atoms with Crippen LogP contribution in [-0.4, -0.2) is 23.3 Å². The molecule has 0 aliphatic rings. The van der Waals surface area contributed by atoms with Gasteiger partial charge in [0.15, 0.2) is 15.6 Å². The zero-order chi connectivity index (χ0) is 17.3. The van der Waals surface area contributed by atoms with Gasteiger partial charge in [-0.3, -0.25) is 9.59 Å². The largest absolute Gasteiger partial charge is 0.444 e. The third-order valence-corrected chi connectivity index (χ3v) is 4.63. The van der Waals surface area contributed by atoms with Crippen LogP contribution in [0.5, 0.6) is 0 Å². The summed E-state index contributed by atoms with van der Waals surface area (Å²) in [6.45, 7) is 3.85. The summed E-state index contributed by atoms with van der Waals surface area (Å²) in [6, 6.07) is 7.22. The standard InChI is InChI=1S/C16H14BrN3O3S/c1-8-5-9(2)14-11(6-8)24-16(20-14)19-13(21)7-18-15(22)10-3-4-12(17)23-10/h3-6H,7H2,1-2H3,(H,18,22)(H,19,20,21). The van der Waals surface area contributed by atoms with E-state index in [9.17, 15) is 9.59 Å². The van der Waals surface area contributed by atoms with E-state index in [2.05, 4.69) is 37.6 Å². The van der Waals surface area contributed by atoms with E-state index in [1.807, 2.05) is 19.9 Å². The van der Waals surface area contributed by atoms with Crippen LogP contribution in [-0.2, 0) is 4.79 Å². The molecule has 2 aromatic heterocycles. The molecule has 0 aliphatic carbocycles. The highest BCUT2D eigenvalue weighted by atomic mass is 79.9. The fourth-order valence-corrected chi connectivity index (χ4v) is 3.64. The summed E-state index contributed by atoms with van der Waals surface area (Å²) in [5.41, 5.74) is 3.10. The van der Waals surface area contributed by atoms with Crippen molar-refractivity contribution in [3.8, 4) is 0 Å². The molecule has 0 unspecified atom stereocenters. The Hall–Kier alpha value is -2.19. The molecule has 0 fully saturated rings. The fourth-order valence-electron chi connectivity index (χ4n) is 2.27. The number of hydrogen-bond acceptors (Lipinski definition) is 5. The van der Waals surface area contributed by atoms with E-state index in [1.165, 1.54) is 17.4 Å². The predicted molar refractivity (Wildman–Crippen MR) is 96.5 cm³/mol. The lowest BCUT2D eigenvalue weighted by atomic mass is 10.1. The molecule has 0 spiro atoms. The number of halogens is 1. The molecule has 0 aliphatic heterocycles. The van der Waals surface area contributed by atoms with Gasteiger partial charge in [-0.25, -0.2) is 4.98 Å². The summed E-state index contributed by atoms with van der Waals surface area (Å²) in [5, 5.41) is 5.71. The lowest BCUT2D eigenvalue weighted by Gasteiger charge is -2.03. The number of thiazole rings is 1. The first-order valence-corrected chi connectivity index (χ1v) is 8.74. The van der Waals surface area contributed by atoms with Gasteiger partial charge in [0.05, 0.1) is 16.8 Å². The zero-order valence-electron chi connectivity index (χ0n) is 13.0. The highest BCUT2D eigenvalue weighted by Gasteiger charge is 2.13. The first kappa shape index (κ1) is 16.7. The Morgan fingerprint density at radius 2 is 2.08 bits per heavy atom. The molecular weight excluding hydrogens is 394 g/mol. The minimum Gasteiger partial charge on any atom is -0.444 e. The Kier molecular flexibility index (Phi) is 4.68. The van der Waals surface area contributed by atoms with Gasteiger partial charge in [0.1, 0.15) is 0 Å². The fraction of sp³-hybridized carbons (Fsp3) is 0.188. The molecule has 2 N–H and O–H groups in total. The SMILES string of the molecule is Cc1cc(C)c2nc(NC(=O)CNC(=O)c3ccc(Br)o3)sc2c1. The average molecular weight is 408 g/mol. The molecule has 0 bridgehead atoms. The van der Waals surface area contributed by atoms with Crippen LogP contribution in [0.2, 0.25) is 0 Å². The van der Waals surface area contributed by atoms with Crippen LogP contribution in [0.3, 0.4) is 0 Å². The number of aryl methyl sites for hydroxylation is 2. The van der Waals surface area contributed by atoms with Crippen molar-refractivity contribution in [3.63, 3.8) is 0 Å². The summed E-state index contributed by atoms with van der Waals surface area (Å²) >= 11 is 4.53. The predicted octanol–water partition coefficient (Wildman–Crippen LogP) is 3.64. The maximum Gasteiger partial charge on any atom is 0.287 e. The summed E-state index contributed by atoms with van der Waals surface area (Å²) < 4.78 is 6.60. The topological polar surface area (TPSA) is 84.2 Å². The van der Waals surface area contributed by atoms with E-state index in [4.69, 9.17) is 4.42 Å². The first-order chi connectivity index (χ1) is 11.4. The number of anilines is 1. The number of furan rings is 1. The second-order valence-electron chi connectivity index (χ2n) is 5.28. The number of hydrogen-bond donors (Lipinski definition) is 2. The Morgan fingerprint density at radius 1 is 1.29 bits per heavy atom. The molecule has 6 nitrogen and oxygen atoms in total. The zero-order valence-corrected chi connectivity index (χ0v) is 15.4. The molecule has 2 amide bonds. The van der Waals surface area contributed by atoms with Gasteiger partial charge in [-0.2, -0.15) is 0 Å². The number of rotatable bonds is 4. The Labute approximate surface area is 150 Å². The lowest BCUT2D eigenvalue weighted by Crippen LogP contribution is -2.32. The average Bonchev–Trinajstić information content (AvgIpc) is 3.11. The molecule has 3 rings (SSSR count). The molecule has 0 saturated heterocycles. The van der Waals surface area contributed by atoms with Crippen LogP contribution >= 0.6 is 27.3 Å². The van der Waals surface area contributed by atoms with Crippen LogP contribution in [0.25, 0.3) is 10.2 Å². The smallest absolute Gasteiger partial charge is 0.287 e. The molecule has 24 heavy (non-hydrogen) atoms. The van der Waals surface area contributed by atoms with E-state index < -0.39 is 5.91 Å². The number of nitrogens with one attached hydrogen (secondary N) is 2. The Balaban J connectivity index is 1.62. The van der Waals surface area contributed by atoms with Crippen molar-refractivity contribution in [2.45, 2.75) is 13.8 Å².